The van der Waals surface area contributed by atoms with Crippen molar-refractivity contribution in [2.24, 2.45) is 0 Å². The van der Waals surface area contributed by atoms with Gasteiger partial charge in [0.25, 0.3) is 0 Å². The lowest BCUT2D eigenvalue weighted by Crippen LogP contribution is -2.30. The van der Waals surface area contributed by atoms with Crippen LogP contribution in [0.1, 0.15) is 201 Å². The van der Waals surface area contributed by atoms with Crippen LogP contribution in [0.2, 0.25) is 0 Å². The predicted molar refractivity (Wildman–Crippen MR) is 288 cm³/mol. The highest BCUT2D eigenvalue weighted by Gasteiger charge is 2.19. The van der Waals surface area contributed by atoms with Crippen LogP contribution in [0, 0.1) is 0 Å². The molecule has 0 radical (unpaired) electrons. The van der Waals surface area contributed by atoms with Crippen LogP contribution >= 0.6 is 0 Å². The quantitative estimate of drug-likeness (QED) is 0.0262. The number of hydrogen-bond acceptors (Lipinski definition) is 6. The van der Waals surface area contributed by atoms with Gasteiger partial charge in [0, 0.05) is 19.3 Å². The molecule has 67 heavy (non-hydrogen) atoms. The maximum absolute atomic E-state index is 12.8. The third-order valence-corrected chi connectivity index (χ3v) is 10.3. The standard InChI is InChI=1S/C61H94O6/c1-4-7-10-13-16-19-22-24-26-28-30-32-34-36-39-42-45-48-51-54-60(63)66-57-58(56-65-59(62)53-50-47-44-41-38-21-18-15-12-9-6-3)67-61(64)55-52-49-46-43-40-37-35-33-31-29-27-25-23-20-17-14-11-8-5-2/h7-12,16-21,24-27,30-33,36,39,41,44,58H,4-6,13-15,22-23,28-29,34-35,37-38,40,42-43,45-57H2,1-3H3/b10-7-,11-8-,12-9-,19-16-,20-17-,21-18-,26-24-,27-25-,32-30-,33-31-,39-36-,44-41-. The van der Waals surface area contributed by atoms with Crippen LogP contribution in [-0.4, -0.2) is 37.2 Å². The summed E-state index contributed by atoms with van der Waals surface area (Å²) in [6.07, 6.45) is 77.0. The van der Waals surface area contributed by atoms with Gasteiger partial charge < -0.3 is 14.2 Å². The maximum Gasteiger partial charge on any atom is 0.306 e. The number of rotatable bonds is 45. The maximum atomic E-state index is 12.8. The molecule has 6 nitrogen and oxygen atoms in total. The fourth-order valence-corrected chi connectivity index (χ4v) is 6.48. The molecule has 0 amide bonds. The Bertz CT molecular complexity index is 1530. The SMILES string of the molecule is CC/C=C\C/C=C\C/C=C\C/C=C\C/C=C\CCCCCC(=O)OCC(COC(=O)CCC/C=C\C/C=C\C/C=C\CC)OC(=O)CCCCCCCC/C=C\C/C=C\C/C=C\C/C=C\CC. The molecule has 1 unspecified atom stereocenters. The van der Waals surface area contributed by atoms with Gasteiger partial charge in [-0.05, 0) is 128 Å². The van der Waals surface area contributed by atoms with Crippen molar-refractivity contribution in [3.8, 4) is 0 Å². The second-order valence-corrected chi connectivity index (χ2v) is 16.6. The zero-order valence-corrected chi connectivity index (χ0v) is 42.6. The van der Waals surface area contributed by atoms with Crippen molar-refractivity contribution in [1.29, 1.82) is 0 Å². The van der Waals surface area contributed by atoms with Gasteiger partial charge in [-0.25, -0.2) is 0 Å². The summed E-state index contributed by atoms with van der Waals surface area (Å²) < 4.78 is 16.7. The van der Waals surface area contributed by atoms with Gasteiger partial charge in [0.1, 0.15) is 13.2 Å². The van der Waals surface area contributed by atoms with Crippen molar-refractivity contribution >= 4 is 17.9 Å². The Morgan fingerprint density at radius 2 is 0.552 bits per heavy atom. The molecular weight excluding hydrogens is 829 g/mol. The van der Waals surface area contributed by atoms with E-state index in [0.717, 1.165) is 141 Å². The average Bonchev–Trinajstić information content (AvgIpc) is 3.33. The molecular formula is C61H94O6. The number of unbranched alkanes of at least 4 members (excludes halogenated alkanes) is 10. The molecule has 0 spiro atoms. The summed E-state index contributed by atoms with van der Waals surface area (Å²) in [6.45, 7) is 6.18. The highest BCUT2D eigenvalue weighted by Crippen LogP contribution is 2.12. The Labute approximate surface area is 410 Å². The van der Waals surface area contributed by atoms with E-state index in [0.29, 0.717) is 12.8 Å². The van der Waals surface area contributed by atoms with Crippen molar-refractivity contribution in [3.63, 3.8) is 0 Å². The zero-order valence-electron chi connectivity index (χ0n) is 42.6. The van der Waals surface area contributed by atoms with Crippen LogP contribution in [0.4, 0.5) is 0 Å². The molecule has 0 fully saturated rings. The number of carbonyl (C=O) groups excluding carboxylic acids is 3. The first-order valence-corrected chi connectivity index (χ1v) is 26.3. The summed E-state index contributed by atoms with van der Waals surface area (Å²) in [5, 5.41) is 0. The number of ether oxygens (including phenoxy) is 3. The van der Waals surface area contributed by atoms with Gasteiger partial charge in [-0.15, -0.1) is 0 Å². The van der Waals surface area contributed by atoms with Gasteiger partial charge in [0.15, 0.2) is 6.10 Å². The van der Waals surface area contributed by atoms with Crippen LogP contribution in [0.25, 0.3) is 0 Å². The number of esters is 3. The summed E-state index contributed by atoms with van der Waals surface area (Å²) in [5.74, 6) is -1.03. The fraction of sp³-hybridized carbons (Fsp3) is 0.557. The van der Waals surface area contributed by atoms with E-state index in [9.17, 15) is 14.4 Å². The van der Waals surface area contributed by atoms with Crippen molar-refractivity contribution in [1.82, 2.24) is 0 Å². The van der Waals surface area contributed by atoms with Gasteiger partial charge in [-0.3, -0.25) is 14.4 Å². The van der Waals surface area contributed by atoms with Crippen LogP contribution in [0.3, 0.4) is 0 Å². The summed E-state index contributed by atoms with van der Waals surface area (Å²) in [6, 6.07) is 0. The molecule has 0 aliphatic heterocycles. The lowest BCUT2D eigenvalue weighted by atomic mass is 10.1. The van der Waals surface area contributed by atoms with E-state index in [4.69, 9.17) is 14.2 Å². The minimum absolute atomic E-state index is 0.123. The Morgan fingerprint density at radius 1 is 0.299 bits per heavy atom. The van der Waals surface area contributed by atoms with Gasteiger partial charge >= 0.3 is 17.9 Å². The van der Waals surface area contributed by atoms with Crippen molar-refractivity contribution in [2.45, 2.75) is 207 Å². The van der Waals surface area contributed by atoms with Crippen LogP contribution in [0.15, 0.2) is 146 Å². The summed E-state index contributed by atoms with van der Waals surface area (Å²) in [5.41, 5.74) is 0. The molecule has 0 aromatic rings. The molecule has 0 saturated heterocycles. The molecule has 0 saturated carbocycles. The molecule has 0 rings (SSSR count). The second kappa shape index (κ2) is 53.9. The average molecular weight is 923 g/mol. The van der Waals surface area contributed by atoms with Gasteiger partial charge in [-0.1, -0.05) is 199 Å². The Hall–Kier alpha value is -4.71. The summed E-state index contributed by atoms with van der Waals surface area (Å²) in [4.78, 5) is 38.0. The van der Waals surface area contributed by atoms with Gasteiger partial charge in [0.2, 0.25) is 0 Å². The number of carbonyl (C=O) groups is 3. The van der Waals surface area contributed by atoms with E-state index in [1.807, 2.05) is 0 Å². The smallest absolute Gasteiger partial charge is 0.306 e. The van der Waals surface area contributed by atoms with E-state index in [-0.39, 0.29) is 44.0 Å². The van der Waals surface area contributed by atoms with Crippen molar-refractivity contribution in [2.75, 3.05) is 13.2 Å². The molecule has 1 atom stereocenters. The molecule has 0 N–H and O–H groups in total. The first-order valence-electron chi connectivity index (χ1n) is 26.3. The Morgan fingerprint density at radius 3 is 0.910 bits per heavy atom. The lowest BCUT2D eigenvalue weighted by Gasteiger charge is -2.18. The minimum atomic E-state index is -0.826. The summed E-state index contributed by atoms with van der Waals surface area (Å²) in [7, 11) is 0. The normalized spacial score (nSPS) is 13.3. The zero-order chi connectivity index (χ0) is 48.6. The Kier molecular flexibility index (Phi) is 50.1. The highest BCUT2D eigenvalue weighted by atomic mass is 16.6. The van der Waals surface area contributed by atoms with E-state index in [2.05, 4.69) is 167 Å². The molecule has 0 bridgehead atoms. The molecule has 0 heterocycles. The number of hydrogen-bond donors (Lipinski definition) is 0. The molecule has 0 aromatic heterocycles. The van der Waals surface area contributed by atoms with E-state index < -0.39 is 6.10 Å². The monoisotopic (exact) mass is 923 g/mol. The van der Waals surface area contributed by atoms with Crippen LogP contribution in [0.5, 0.6) is 0 Å². The third kappa shape index (κ3) is 52.1. The first-order chi connectivity index (χ1) is 33.0. The predicted octanol–water partition coefficient (Wildman–Crippen LogP) is 17.6. The molecule has 0 aromatic carbocycles. The number of allylic oxidation sites excluding steroid dienone is 24. The van der Waals surface area contributed by atoms with Crippen molar-refractivity contribution < 1.29 is 28.6 Å². The molecule has 0 aliphatic rings. The topological polar surface area (TPSA) is 78.9 Å². The molecule has 374 valence electrons. The first kappa shape index (κ1) is 62.3. The van der Waals surface area contributed by atoms with Crippen LogP contribution in [-0.2, 0) is 28.6 Å². The van der Waals surface area contributed by atoms with Gasteiger partial charge in [-0.2, -0.15) is 0 Å². The van der Waals surface area contributed by atoms with E-state index in [1.54, 1.807) is 0 Å². The largest absolute Gasteiger partial charge is 0.462 e. The van der Waals surface area contributed by atoms with Crippen LogP contribution < -0.4 is 0 Å². The fourth-order valence-electron chi connectivity index (χ4n) is 6.48. The summed E-state index contributed by atoms with van der Waals surface area (Å²) >= 11 is 0. The lowest BCUT2D eigenvalue weighted by molar-refractivity contribution is -0.167. The van der Waals surface area contributed by atoms with Crippen molar-refractivity contribution in [3.05, 3.63) is 146 Å². The third-order valence-electron chi connectivity index (χ3n) is 10.3. The molecule has 0 aliphatic carbocycles. The molecule has 6 heteroatoms. The minimum Gasteiger partial charge on any atom is -0.462 e. The van der Waals surface area contributed by atoms with E-state index >= 15 is 0 Å². The van der Waals surface area contributed by atoms with Gasteiger partial charge in [0.05, 0.1) is 0 Å². The van der Waals surface area contributed by atoms with E-state index in [1.165, 1.54) is 12.8 Å². The second-order valence-electron chi connectivity index (χ2n) is 16.6. The highest BCUT2D eigenvalue weighted by molar-refractivity contribution is 5.71. The Balaban J connectivity index is 4.52.